The second-order valence-corrected chi connectivity index (χ2v) is 5.83. The summed E-state index contributed by atoms with van der Waals surface area (Å²) in [4.78, 5) is 10.5. The third-order valence-corrected chi connectivity index (χ3v) is 3.87. The first-order valence-electron chi connectivity index (χ1n) is 8.21. The van der Waals surface area contributed by atoms with Crippen molar-refractivity contribution in [3.05, 3.63) is 36.2 Å². The first-order valence-corrected chi connectivity index (χ1v) is 8.21. The molecule has 126 valence electrons. The minimum Gasteiger partial charge on any atom is -0.390 e. The average molecular weight is 318 g/mol. The SMILES string of the molecule is ONC(/C=C/c1cccnc1)=NCC(O)CN1CCCCCC1. The third kappa shape index (κ3) is 6.90. The summed E-state index contributed by atoms with van der Waals surface area (Å²) in [5, 5.41) is 19.3. The molecule has 1 atom stereocenters. The fraction of sp³-hybridized carbons (Fsp3) is 0.529. The number of rotatable bonds is 6. The number of aliphatic hydroxyl groups excluding tert-OH is 1. The smallest absolute Gasteiger partial charge is 0.144 e. The van der Waals surface area contributed by atoms with E-state index in [0.29, 0.717) is 12.4 Å². The van der Waals surface area contributed by atoms with Gasteiger partial charge in [-0.3, -0.25) is 20.7 Å². The fourth-order valence-electron chi connectivity index (χ4n) is 2.65. The molecule has 0 aliphatic carbocycles. The predicted octanol–water partition coefficient (Wildman–Crippen LogP) is 1.71. The number of nitrogens with zero attached hydrogens (tertiary/aromatic N) is 3. The summed E-state index contributed by atoms with van der Waals surface area (Å²) in [6.07, 6.45) is 11.3. The molecule has 6 nitrogen and oxygen atoms in total. The van der Waals surface area contributed by atoms with E-state index in [1.54, 1.807) is 24.5 Å². The molecule has 1 aromatic heterocycles. The molecule has 0 aromatic carbocycles. The van der Waals surface area contributed by atoms with Crippen LogP contribution in [0.4, 0.5) is 0 Å². The Morgan fingerprint density at radius 1 is 1.35 bits per heavy atom. The second kappa shape index (κ2) is 10.1. The van der Waals surface area contributed by atoms with E-state index in [1.165, 1.54) is 25.7 Å². The molecule has 1 aromatic rings. The van der Waals surface area contributed by atoms with E-state index in [0.717, 1.165) is 18.7 Å². The number of aliphatic imine (C=N–C) groups is 1. The lowest BCUT2D eigenvalue weighted by Crippen LogP contribution is -2.35. The Kier molecular flexibility index (Phi) is 7.72. The number of amidine groups is 1. The highest BCUT2D eigenvalue weighted by Gasteiger charge is 2.13. The van der Waals surface area contributed by atoms with Crippen LogP contribution in [0.3, 0.4) is 0 Å². The lowest BCUT2D eigenvalue weighted by Gasteiger charge is -2.22. The van der Waals surface area contributed by atoms with Gasteiger partial charge in [-0.05, 0) is 49.7 Å². The zero-order chi connectivity index (χ0) is 16.3. The van der Waals surface area contributed by atoms with Gasteiger partial charge < -0.3 is 10.0 Å². The maximum Gasteiger partial charge on any atom is 0.144 e. The Morgan fingerprint density at radius 2 is 2.13 bits per heavy atom. The summed E-state index contributed by atoms with van der Waals surface area (Å²) < 4.78 is 0. The molecule has 0 bridgehead atoms. The van der Waals surface area contributed by atoms with Crippen molar-refractivity contribution in [3.63, 3.8) is 0 Å². The number of hydroxylamine groups is 1. The Labute approximate surface area is 137 Å². The molecule has 1 fully saturated rings. The summed E-state index contributed by atoms with van der Waals surface area (Å²) >= 11 is 0. The van der Waals surface area contributed by atoms with Crippen molar-refractivity contribution in [1.82, 2.24) is 15.4 Å². The summed E-state index contributed by atoms with van der Waals surface area (Å²) in [5.74, 6) is 0.323. The van der Waals surface area contributed by atoms with Gasteiger partial charge in [0.25, 0.3) is 0 Å². The van der Waals surface area contributed by atoms with Crippen LogP contribution in [0.2, 0.25) is 0 Å². The molecule has 2 heterocycles. The minimum atomic E-state index is -0.525. The van der Waals surface area contributed by atoms with Crippen LogP contribution in [-0.2, 0) is 0 Å². The maximum atomic E-state index is 10.1. The van der Waals surface area contributed by atoms with Crippen molar-refractivity contribution in [2.45, 2.75) is 31.8 Å². The normalized spacial score (nSPS) is 18.8. The van der Waals surface area contributed by atoms with Gasteiger partial charge in [0.05, 0.1) is 12.6 Å². The molecule has 1 unspecified atom stereocenters. The van der Waals surface area contributed by atoms with Gasteiger partial charge in [-0.15, -0.1) is 0 Å². The quantitative estimate of drug-likeness (QED) is 0.423. The Balaban J connectivity index is 1.82. The number of hydrogen-bond donors (Lipinski definition) is 3. The van der Waals surface area contributed by atoms with Gasteiger partial charge in [0.15, 0.2) is 0 Å². The van der Waals surface area contributed by atoms with Crippen molar-refractivity contribution in [2.24, 2.45) is 4.99 Å². The standard InChI is InChI=1S/C17H26N4O2/c22-16(14-21-10-3-1-2-4-11-21)13-19-17(20-23)8-7-15-6-5-9-18-12-15/h5-9,12,16,22-23H,1-4,10-11,13-14H2,(H,19,20)/b8-7+. The van der Waals surface area contributed by atoms with Gasteiger partial charge >= 0.3 is 0 Å². The van der Waals surface area contributed by atoms with Crippen LogP contribution < -0.4 is 5.48 Å². The highest BCUT2D eigenvalue weighted by molar-refractivity contribution is 5.95. The van der Waals surface area contributed by atoms with Gasteiger partial charge in [-0.1, -0.05) is 18.9 Å². The van der Waals surface area contributed by atoms with Gasteiger partial charge in [0.2, 0.25) is 0 Å². The topological polar surface area (TPSA) is 81.0 Å². The molecule has 3 N–H and O–H groups in total. The molecule has 1 saturated heterocycles. The lowest BCUT2D eigenvalue weighted by atomic mass is 10.2. The number of aromatic nitrogens is 1. The summed E-state index contributed by atoms with van der Waals surface area (Å²) in [6.45, 7) is 2.99. The van der Waals surface area contributed by atoms with Gasteiger partial charge in [0, 0.05) is 18.9 Å². The monoisotopic (exact) mass is 318 g/mol. The van der Waals surface area contributed by atoms with Crippen LogP contribution in [0, 0.1) is 0 Å². The van der Waals surface area contributed by atoms with Crippen molar-refractivity contribution in [3.8, 4) is 0 Å². The zero-order valence-corrected chi connectivity index (χ0v) is 13.4. The second-order valence-electron chi connectivity index (χ2n) is 5.83. The summed E-state index contributed by atoms with van der Waals surface area (Å²) in [7, 11) is 0. The molecule has 0 amide bonds. The number of β-amino-alcohol motifs (C(OH)–C–C–N with tert-alkyl or cyclic N) is 1. The van der Waals surface area contributed by atoms with E-state index in [1.807, 2.05) is 12.1 Å². The number of aliphatic hydroxyl groups is 1. The predicted molar refractivity (Wildman–Crippen MR) is 91.4 cm³/mol. The van der Waals surface area contributed by atoms with Crippen molar-refractivity contribution in [1.29, 1.82) is 0 Å². The number of likely N-dealkylation sites (tertiary alicyclic amines) is 1. The molecule has 0 saturated carbocycles. The van der Waals surface area contributed by atoms with Crippen LogP contribution in [-0.4, -0.2) is 58.3 Å². The number of nitrogens with one attached hydrogen (secondary N) is 1. The summed E-state index contributed by atoms with van der Waals surface area (Å²) in [5.41, 5.74) is 2.98. The first-order chi connectivity index (χ1) is 11.3. The van der Waals surface area contributed by atoms with Crippen molar-refractivity contribution in [2.75, 3.05) is 26.2 Å². The third-order valence-electron chi connectivity index (χ3n) is 3.87. The van der Waals surface area contributed by atoms with Crippen LogP contribution in [0.1, 0.15) is 31.2 Å². The van der Waals surface area contributed by atoms with E-state index >= 15 is 0 Å². The van der Waals surface area contributed by atoms with Crippen LogP contribution in [0.5, 0.6) is 0 Å². The molecule has 23 heavy (non-hydrogen) atoms. The van der Waals surface area contributed by atoms with Crippen LogP contribution in [0.25, 0.3) is 6.08 Å². The van der Waals surface area contributed by atoms with Crippen molar-refractivity contribution < 1.29 is 10.3 Å². The van der Waals surface area contributed by atoms with E-state index in [-0.39, 0.29) is 6.54 Å². The van der Waals surface area contributed by atoms with E-state index in [4.69, 9.17) is 5.21 Å². The van der Waals surface area contributed by atoms with Crippen molar-refractivity contribution >= 4 is 11.9 Å². The Morgan fingerprint density at radius 3 is 2.78 bits per heavy atom. The molecule has 0 spiro atoms. The van der Waals surface area contributed by atoms with Crippen LogP contribution in [0.15, 0.2) is 35.6 Å². The number of hydrogen-bond acceptors (Lipinski definition) is 5. The first kappa shape index (κ1) is 17.6. The molecule has 6 heteroatoms. The highest BCUT2D eigenvalue weighted by atomic mass is 16.5. The Bertz CT molecular complexity index is 497. The van der Waals surface area contributed by atoms with Gasteiger partial charge in [-0.2, -0.15) is 0 Å². The van der Waals surface area contributed by atoms with Gasteiger partial charge in [-0.25, -0.2) is 0 Å². The van der Waals surface area contributed by atoms with Gasteiger partial charge in [0.1, 0.15) is 5.84 Å². The Hall–Kier alpha value is -1.76. The molecule has 0 radical (unpaired) electrons. The van der Waals surface area contributed by atoms with E-state index in [9.17, 15) is 5.11 Å². The fourth-order valence-corrected chi connectivity index (χ4v) is 2.65. The maximum absolute atomic E-state index is 10.1. The van der Waals surface area contributed by atoms with E-state index < -0.39 is 6.10 Å². The minimum absolute atomic E-state index is 0.261. The van der Waals surface area contributed by atoms with E-state index in [2.05, 4.69) is 20.4 Å². The highest BCUT2D eigenvalue weighted by Crippen LogP contribution is 2.10. The average Bonchev–Trinajstić information content (AvgIpc) is 2.84. The molecular formula is C17H26N4O2. The summed E-state index contributed by atoms with van der Waals surface area (Å²) in [6, 6.07) is 3.75. The molecule has 2 rings (SSSR count). The molecule has 1 aliphatic heterocycles. The lowest BCUT2D eigenvalue weighted by molar-refractivity contribution is 0.120. The largest absolute Gasteiger partial charge is 0.390 e. The molecule has 1 aliphatic rings. The van der Waals surface area contributed by atoms with Crippen LogP contribution >= 0.6 is 0 Å². The number of pyridine rings is 1. The molecular weight excluding hydrogens is 292 g/mol. The zero-order valence-electron chi connectivity index (χ0n) is 13.4.